The van der Waals surface area contributed by atoms with E-state index in [0.29, 0.717) is 26.4 Å². The number of rotatable bonds is 3. The summed E-state index contributed by atoms with van der Waals surface area (Å²) in [7, 11) is 1.84. The fourth-order valence-corrected chi connectivity index (χ4v) is 2.12. The minimum atomic E-state index is -0.159. The highest BCUT2D eigenvalue weighted by Gasteiger charge is 2.35. The van der Waals surface area contributed by atoms with E-state index in [1.807, 2.05) is 7.05 Å². The van der Waals surface area contributed by atoms with E-state index >= 15 is 0 Å². The summed E-state index contributed by atoms with van der Waals surface area (Å²) in [4.78, 5) is 11.9. The number of ether oxygens (including phenoxy) is 3. The third kappa shape index (κ3) is 2.72. The highest BCUT2D eigenvalue weighted by molar-refractivity contribution is 5.74. The van der Waals surface area contributed by atoms with Gasteiger partial charge in [-0.1, -0.05) is 0 Å². The maximum Gasteiger partial charge on any atom is 0.313 e. The lowest BCUT2D eigenvalue weighted by Gasteiger charge is -2.24. The lowest BCUT2D eigenvalue weighted by atomic mass is 10.0. The van der Waals surface area contributed by atoms with Crippen LogP contribution in [-0.2, 0) is 19.0 Å². The van der Waals surface area contributed by atoms with E-state index in [1.54, 1.807) is 0 Å². The quantitative estimate of drug-likeness (QED) is 0.687. The van der Waals surface area contributed by atoms with Gasteiger partial charge in [-0.05, 0) is 7.05 Å². The second-order valence-corrected chi connectivity index (χ2v) is 4.29. The number of carbonyl (C=O) groups excluding carboxylic acids is 1. The summed E-state index contributed by atoms with van der Waals surface area (Å²) in [6.45, 7) is 2.43. The molecule has 0 aliphatic carbocycles. The van der Waals surface area contributed by atoms with Crippen LogP contribution in [0.25, 0.3) is 0 Å². The van der Waals surface area contributed by atoms with Gasteiger partial charge < -0.3 is 19.5 Å². The Morgan fingerprint density at radius 2 is 2.00 bits per heavy atom. The number of nitrogens with one attached hydrogen (secondary N) is 1. The Balaban J connectivity index is 1.82. The third-order valence-electron chi connectivity index (χ3n) is 3.21. The molecule has 0 amide bonds. The van der Waals surface area contributed by atoms with Gasteiger partial charge in [-0.25, -0.2) is 0 Å². The van der Waals surface area contributed by atoms with Gasteiger partial charge in [0.15, 0.2) is 0 Å². The highest BCUT2D eigenvalue weighted by atomic mass is 16.6. The standard InChI is InChI=1S/C11H19NO4/c1-12-10-7-15-6-9(10)11(13)16-8-2-4-14-5-3-8/h8-10,12H,2-7H2,1H3. The molecule has 2 aliphatic heterocycles. The predicted octanol–water partition coefficient (Wildman–Crippen LogP) is -0.0570. The van der Waals surface area contributed by atoms with Crippen molar-refractivity contribution in [2.24, 2.45) is 5.92 Å². The van der Waals surface area contributed by atoms with Gasteiger partial charge in [-0.3, -0.25) is 4.79 Å². The van der Waals surface area contributed by atoms with Gasteiger partial charge >= 0.3 is 5.97 Å². The van der Waals surface area contributed by atoms with Crippen LogP contribution in [0.3, 0.4) is 0 Å². The van der Waals surface area contributed by atoms with Gasteiger partial charge in [0, 0.05) is 18.9 Å². The van der Waals surface area contributed by atoms with Crippen molar-refractivity contribution < 1.29 is 19.0 Å². The van der Waals surface area contributed by atoms with Crippen molar-refractivity contribution in [1.29, 1.82) is 0 Å². The van der Waals surface area contributed by atoms with Crippen LogP contribution in [0.5, 0.6) is 0 Å². The lowest BCUT2D eigenvalue weighted by molar-refractivity contribution is -0.158. The fraction of sp³-hybridized carbons (Fsp3) is 0.909. The van der Waals surface area contributed by atoms with E-state index < -0.39 is 0 Å². The van der Waals surface area contributed by atoms with Gasteiger partial charge in [0.25, 0.3) is 0 Å². The molecule has 1 N–H and O–H groups in total. The van der Waals surface area contributed by atoms with Crippen LogP contribution in [0, 0.1) is 5.92 Å². The van der Waals surface area contributed by atoms with Crippen molar-refractivity contribution in [1.82, 2.24) is 5.32 Å². The van der Waals surface area contributed by atoms with Crippen molar-refractivity contribution in [2.75, 3.05) is 33.5 Å². The topological polar surface area (TPSA) is 56.8 Å². The van der Waals surface area contributed by atoms with E-state index in [4.69, 9.17) is 14.2 Å². The second-order valence-electron chi connectivity index (χ2n) is 4.29. The van der Waals surface area contributed by atoms with Crippen molar-refractivity contribution in [2.45, 2.75) is 25.0 Å². The van der Waals surface area contributed by atoms with E-state index in [1.165, 1.54) is 0 Å². The number of likely N-dealkylation sites (N-methyl/N-ethyl adjacent to an activating group) is 1. The van der Waals surface area contributed by atoms with Gasteiger partial charge in [0.2, 0.25) is 0 Å². The van der Waals surface area contributed by atoms with Crippen molar-refractivity contribution in [3.8, 4) is 0 Å². The molecule has 2 fully saturated rings. The Kier molecular flexibility index (Phi) is 4.15. The molecule has 5 heteroatoms. The molecule has 92 valence electrons. The average molecular weight is 229 g/mol. The molecule has 2 unspecified atom stereocenters. The molecule has 2 atom stereocenters. The van der Waals surface area contributed by atoms with Gasteiger partial charge in [0.1, 0.15) is 6.10 Å². The Morgan fingerprint density at radius 3 is 2.69 bits per heavy atom. The largest absolute Gasteiger partial charge is 0.462 e. The first kappa shape index (κ1) is 11.8. The highest BCUT2D eigenvalue weighted by Crippen LogP contribution is 2.18. The van der Waals surface area contributed by atoms with Crippen molar-refractivity contribution in [3.63, 3.8) is 0 Å². The second kappa shape index (κ2) is 5.61. The minimum Gasteiger partial charge on any atom is -0.462 e. The Labute approximate surface area is 95.4 Å². The fourth-order valence-electron chi connectivity index (χ4n) is 2.12. The van der Waals surface area contributed by atoms with Crippen LogP contribution in [0.1, 0.15) is 12.8 Å². The molecule has 0 aromatic carbocycles. The summed E-state index contributed by atoms with van der Waals surface area (Å²) in [5, 5.41) is 3.08. The first-order valence-corrected chi connectivity index (χ1v) is 5.84. The Hall–Kier alpha value is -0.650. The number of hydrogen-bond acceptors (Lipinski definition) is 5. The summed E-state index contributed by atoms with van der Waals surface area (Å²) in [6, 6.07) is 0.0901. The van der Waals surface area contributed by atoms with E-state index in [-0.39, 0.29) is 24.0 Å². The third-order valence-corrected chi connectivity index (χ3v) is 3.21. The van der Waals surface area contributed by atoms with Crippen LogP contribution < -0.4 is 5.32 Å². The van der Waals surface area contributed by atoms with Crippen LogP contribution in [0.2, 0.25) is 0 Å². The molecule has 0 spiro atoms. The minimum absolute atomic E-state index is 0.0272. The van der Waals surface area contributed by atoms with Crippen molar-refractivity contribution >= 4 is 5.97 Å². The monoisotopic (exact) mass is 229 g/mol. The number of hydrogen-bond donors (Lipinski definition) is 1. The summed E-state index contributed by atoms with van der Waals surface area (Å²) in [6.07, 6.45) is 1.65. The summed E-state index contributed by atoms with van der Waals surface area (Å²) >= 11 is 0. The number of esters is 1. The zero-order valence-electron chi connectivity index (χ0n) is 9.61. The Bertz CT molecular complexity index is 240. The molecule has 0 aromatic heterocycles. The zero-order chi connectivity index (χ0) is 11.4. The summed E-state index contributed by atoms with van der Waals surface area (Å²) in [5.74, 6) is -0.295. The maximum atomic E-state index is 11.9. The summed E-state index contributed by atoms with van der Waals surface area (Å²) in [5.41, 5.74) is 0. The lowest BCUT2D eigenvalue weighted by Crippen LogP contribution is -2.39. The van der Waals surface area contributed by atoms with Crippen LogP contribution in [0.15, 0.2) is 0 Å². The maximum absolute atomic E-state index is 11.9. The first-order valence-electron chi connectivity index (χ1n) is 5.84. The molecule has 2 rings (SSSR count). The molecule has 16 heavy (non-hydrogen) atoms. The molecular weight excluding hydrogens is 210 g/mol. The van der Waals surface area contributed by atoms with E-state index in [2.05, 4.69) is 5.32 Å². The van der Waals surface area contributed by atoms with Crippen LogP contribution >= 0.6 is 0 Å². The number of carbonyl (C=O) groups is 1. The molecule has 0 radical (unpaired) electrons. The normalized spacial score (nSPS) is 31.6. The SMILES string of the molecule is CNC1COCC1C(=O)OC1CCOCC1. The molecule has 2 saturated heterocycles. The first-order chi connectivity index (χ1) is 7.81. The van der Waals surface area contributed by atoms with Gasteiger partial charge in [-0.15, -0.1) is 0 Å². The molecule has 0 saturated carbocycles. The van der Waals surface area contributed by atoms with Gasteiger partial charge in [-0.2, -0.15) is 0 Å². The Morgan fingerprint density at radius 1 is 1.25 bits per heavy atom. The van der Waals surface area contributed by atoms with E-state index in [0.717, 1.165) is 12.8 Å². The molecule has 5 nitrogen and oxygen atoms in total. The van der Waals surface area contributed by atoms with Crippen LogP contribution in [-0.4, -0.2) is 51.6 Å². The zero-order valence-corrected chi connectivity index (χ0v) is 9.61. The smallest absolute Gasteiger partial charge is 0.313 e. The van der Waals surface area contributed by atoms with Crippen LogP contribution in [0.4, 0.5) is 0 Å². The molecule has 0 aromatic rings. The van der Waals surface area contributed by atoms with E-state index in [9.17, 15) is 4.79 Å². The van der Waals surface area contributed by atoms with Crippen molar-refractivity contribution in [3.05, 3.63) is 0 Å². The molecule has 2 heterocycles. The summed E-state index contributed by atoms with van der Waals surface area (Å²) < 4.78 is 16.0. The molecule has 2 aliphatic rings. The molecule has 0 bridgehead atoms. The predicted molar refractivity (Wildman–Crippen MR) is 57.1 cm³/mol. The molecular formula is C11H19NO4. The average Bonchev–Trinajstić information content (AvgIpc) is 2.78. The van der Waals surface area contributed by atoms with Gasteiger partial charge in [0.05, 0.1) is 32.3 Å².